The Morgan fingerprint density at radius 2 is 2.00 bits per heavy atom. The van der Waals surface area contributed by atoms with Crippen molar-refractivity contribution in [3.8, 4) is 5.75 Å². The molecule has 2 aromatic carbocycles. The summed E-state index contributed by atoms with van der Waals surface area (Å²) in [6, 6.07) is 15.4. The van der Waals surface area contributed by atoms with Crippen LogP contribution in [0.2, 0.25) is 0 Å². The Morgan fingerprint density at radius 1 is 1.20 bits per heavy atom. The van der Waals surface area contributed by atoms with E-state index in [2.05, 4.69) is 27.9 Å². The third kappa shape index (κ3) is 3.96. The fraction of sp³-hybridized carbons (Fsp3) is 0.188. The van der Waals surface area contributed by atoms with Crippen LogP contribution in [0.1, 0.15) is 15.9 Å². The second kappa shape index (κ2) is 7.28. The van der Waals surface area contributed by atoms with Crippen LogP contribution in [0.4, 0.5) is 0 Å². The lowest BCUT2D eigenvalue weighted by Crippen LogP contribution is -2.25. The average Bonchev–Trinajstić information content (AvgIpc) is 2.47. The number of ether oxygens (including phenoxy) is 1. The average molecular weight is 381 g/mol. The van der Waals surface area contributed by atoms with E-state index in [1.807, 2.05) is 48.5 Å². The number of hydrogen-bond donors (Lipinski definition) is 1. The molecule has 0 aliphatic rings. The number of carbonyl (C=O) groups is 1. The molecule has 0 saturated carbocycles. The first kappa shape index (κ1) is 14.8. The number of amides is 1. The predicted molar refractivity (Wildman–Crippen MR) is 88.2 cm³/mol. The van der Waals surface area contributed by atoms with Gasteiger partial charge in [0, 0.05) is 15.7 Å². The van der Waals surface area contributed by atoms with Crippen LogP contribution >= 0.6 is 22.6 Å². The monoisotopic (exact) mass is 381 g/mol. The molecule has 2 rings (SSSR count). The van der Waals surface area contributed by atoms with Gasteiger partial charge in [-0.15, -0.1) is 0 Å². The second-order valence-corrected chi connectivity index (χ2v) is 5.57. The van der Waals surface area contributed by atoms with E-state index in [0.29, 0.717) is 12.1 Å². The Kier molecular flexibility index (Phi) is 5.40. The van der Waals surface area contributed by atoms with E-state index < -0.39 is 0 Å². The van der Waals surface area contributed by atoms with Crippen molar-refractivity contribution in [3.63, 3.8) is 0 Å². The third-order valence-corrected chi connectivity index (χ3v) is 3.63. The van der Waals surface area contributed by atoms with E-state index in [4.69, 9.17) is 4.74 Å². The molecule has 0 aliphatic carbocycles. The normalized spacial score (nSPS) is 10.1. The van der Waals surface area contributed by atoms with Crippen molar-refractivity contribution in [1.29, 1.82) is 0 Å². The van der Waals surface area contributed by atoms with Gasteiger partial charge in [-0.3, -0.25) is 4.79 Å². The van der Waals surface area contributed by atoms with E-state index in [-0.39, 0.29) is 5.91 Å². The number of rotatable bonds is 5. The molecule has 1 amide bonds. The van der Waals surface area contributed by atoms with Gasteiger partial charge in [-0.2, -0.15) is 0 Å². The molecule has 0 fully saturated rings. The van der Waals surface area contributed by atoms with Crippen LogP contribution in [0, 0.1) is 3.57 Å². The van der Waals surface area contributed by atoms with Crippen LogP contribution < -0.4 is 10.1 Å². The van der Waals surface area contributed by atoms with Gasteiger partial charge in [-0.1, -0.05) is 24.3 Å². The molecule has 1 N–H and O–H groups in total. The molecular formula is C16H16INO2. The Bertz CT molecular complexity index is 599. The standard InChI is InChI=1S/C16H16INO2/c1-20-15-8-3-2-5-12(15)9-10-18-16(19)13-6-4-7-14(17)11-13/h2-8,11H,9-10H2,1H3,(H,18,19). The lowest BCUT2D eigenvalue weighted by molar-refractivity contribution is 0.0954. The smallest absolute Gasteiger partial charge is 0.251 e. The maximum Gasteiger partial charge on any atom is 0.251 e. The third-order valence-electron chi connectivity index (χ3n) is 2.96. The molecule has 0 saturated heterocycles. The predicted octanol–water partition coefficient (Wildman–Crippen LogP) is 3.27. The topological polar surface area (TPSA) is 38.3 Å². The van der Waals surface area contributed by atoms with Crippen LogP contribution in [0.15, 0.2) is 48.5 Å². The molecule has 0 atom stereocenters. The molecular weight excluding hydrogens is 365 g/mol. The highest BCUT2D eigenvalue weighted by Gasteiger charge is 2.06. The molecule has 0 aromatic heterocycles. The molecule has 3 nitrogen and oxygen atoms in total. The maximum absolute atomic E-state index is 12.0. The number of hydrogen-bond acceptors (Lipinski definition) is 2. The lowest BCUT2D eigenvalue weighted by atomic mass is 10.1. The summed E-state index contributed by atoms with van der Waals surface area (Å²) < 4.78 is 6.35. The Balaban J connectivity index is 1.91. The number of para-hydroxylation sites is 1. The summed E-state index contributed by atoms with van der Waals surface area (Å²) >= 11 is 2.20. The van der Waals surface area contributed by atoms with Gasteiger partial charge in [0.15, 0.2) is 0 Å². The van der Waals surface area contributed by atoms with Gasteiger partial charge in [0.05, 0.1) is 7.11 Å². The van der Waals surface area contributed by atoms with Crippen molar-refractivity contribution in [2.45, 2.75) is 6.42 Å². The summed E-state index contributed by atoms with van der Waals surface area (Å²) in [7, 11) is 1.66. The summed E-state index contributed by atoms with van der Waals surface area (Å²) in [6.07, 6.45) is 0.750. The van der Waals surface area contributed by atoms with Gasteiger partial charge in [0.1, 0.15) is 5.75 Å². The summed E-state index contributed by atoms with van der Waals surface area (Å²) in [4.78, 5) is 12.0. The van der Waals surface area contributed by atoms with Gasteiger partial charge >= 0.3 is 0 Å². The van der Waals surface area contributed by atoms with Crippen LogP contribution in [0.5, 0.6) is 5.75 Å². The quantitative estimate of drug-likeness (QED) is 0.808. The first-order valence-electron chi connectivity index (χ1n) is 6.36. The largest absolute Gasteiger partial charge is 0.496 e. The van der Waals surface area contributed by atoms with Crippen molar-refractivity contribution < 1.29 is 9.53 Å². The molecule has 0 unspecified atom stereocenters. The number of benzene rings is 2. The molecule has 0 radical (unpaired) electrons. The fourth-order valence-electron chi connectivity index (χ4n) is 1.95. The Labute approximate surface area is 132 Å². The van der Waals surface area contributed by atoms with Crippen molar-refractivity contribution in [3.05, 3.63) is 63.2 Å². The van der Waals surface area contributed by atoms with Crippen molar-refractivity contribution >= 4 is 28.5 Å². The van der Waals surface area contributed by atoms with Crippen molar-refractivity contribution in [1.82, 2.24) is 5.32 Å². The van der Waals surface area contributed by atoms with Crippen LogP contribution in [0.3, 0.4) is 0 Å². The zero-order chi connectivity index (χ0) is 14.4. The molecule has 0 heterocycles. The summed E-state index contributed by atoms with van der Waals surface area (Å²) in [5, 5.41) is 2.93. The van der Waals surface area contributed by atoms with Gasteiger partial charge in [-0.25, -0.2) is 0 Å². The van der Waals surface area contributed by atoms with Crippen molar-refractivity contribution in [2.75, 3.05) is 13.7 Å². The minimum absolute atomic E-state index is 0.0431. The maximum atomic E-state index is 12.0. The fourth-order valence-corrected chi connectivity index (χ4v) is 2.50. The highest BCUT2D eigenvalue weighted by molar-refractivity contribution is 14.1. The van der Waals surface area contributed by atoms with Gasteiger partial charge in [-0.05, 0) is 58.8 Å². The van der Waals surface area contributed by atoms with E-state index in [1.165, 1.54) is 0 Å². The van der Waals surface area contributed by atoms with Crippen LogP contribution in [0.25, 0.3) is 0 Å². The lowest BCUT2D eigenvalue weighted by Gasteiger charge is -2.09. The summed E-state index contributed by atoms with van der Waals surface area (Å²) in [6.45, 7) is 0.588. The molecule has 0 bridgehead atoms. The molecule has 0 aliphatic heterocycles. The molecule has 0 spiro atoms. The zero-order valence-electron chi connectivity index (χ0n) is 11.2. The zero-order valence-corrected chi connectivity index (χ0v) is 13.4. The van der Waals surface area contributed by atoms with Gasteiger partial charge in [0.25, 0.3) is 5.91 Å². The first-order chi connectivity index (χ1) is 9.70. The molecule has 20 heavy (non-hydrogen) atoms. The van der Waals surface area contributed by atoms with Crippen LogP contribution in [-0.4, -0.2) is 19.6 Å². The molecule has 2 aromatic rings. The molecule has 104 valence electrons. The van der Waals surface area contributed by atoms with E-state index in [0.717, 1.165) is 21.3 Å². The number of carbonyl (C=O) groups excluding carboxylic acids is 1. The van der Waals surface area contributed by atoms with Crippen molar-refractivity contribution in [2.24, 2.45) is 0 Å². The van der Waals surface area contributed by atoms with E-state index >= 15 is 0 Å². The number of halogens is 1. The first-order valence-corrected chi connectivity index (χ1v) is 7.44. The Morgan fingerprint density at radius 3 is 2.75 bits per heavy atom. The van der Waals surface area contributed by atoms with E-state index in [1.54, 1.807) is 7.11 Å². The minimum Gasteiger partial charge on any atom is -0.496 e. The number of methoxy groups -OCH3 is 1. The van der Waals surface area contributed by atoms with Gasteiger partial charge < -0.3 is 10.1 Å². The number of nitrogens with one attached hydrogen (secondary N) is 1. The Hall–Kier alpha value is -1.56. The highest BCUT2D eigenvalue weighted by Crippen LogP contribution is 2.17. The second-order valence-electron chi connectivity index (χ2n) is 4.33. The summed E-state index contributed by atoms with van der Waals surface area (Å²) in [5.41, 5.74) is 1.79. The summed E-state index contributed by atoms with van der Waals surface area (Å²) in [5.74, 6) is 0.814. The van der Waals surface area contributed by atoms with Crippen LogP contribution in [-0.2, 0) is 6.42 Å². The van der Waals surface area contributed by atoms with Gasteiger partial charge in [0.2, 0.25) is 0 Å². The minimum atomic E-state index is -0.0431. The SMILES string of the molecule is COc1ccccc1CCNC(=O)c1cccc(I)c1. The highest BCUT2D eigenvalue weighted by atomic mass is 127. The molecule has 4 heteroatoms. The van der Waals surface area contributed by atoms with E-state index in [9.17, 15) is 4.79 Å².